The first-order chi connectivity index (χ1) is 10.8. The van der Waals surface area contributed by atoms with Crippen LogP contribution < -0.4 is 9.47 Å². The van der Waals surface area contributed by atoms with E-state index < -0.39 is 0 Å². The molecule has 6 nitrogen and oxygen atoms in total. The number of H-pyrrole nitrogens is 1. The van der Waals surface area contributed by atoms with Gasteiger partial charge in [0, 0.05) is 18.0 Å². The molecule has 0 spiro atoms. The molecule has 0 saturated heterocycles. The lowest BCUT2D eigenvalue weighted by atomic mass is 10.2. The van der Waals surface area contributed by atoms with Crippen LogP contribution >= 0.6 is 12.2 Å². The lowest BCUT2D eigenvalue weighted by Gasteiger charge is -2.07. The summed E-state index contributed by atoms with van der Waals surface area (Å²) in [4.78, 5) is 4.13. The van der Waals surface area contributed by atoms with E-state index in [1.54, 1.807) is 12.4 Å². The van der Waals surface area contributed by atoms with Crippen LogP contribution in [0, 0.1) is 4.77 Å². The number of ether oxygens (including phenoxy) is 2. The molecule has 2 aromatic heterocycles. The second kappa shape index (κ2) is 5.27. The minimum atomic E-state index is 0.269. The number of pyridine rings is 1. The Morgan fingerprint density at radius 3 is 3.00 bits per heavy atom. The first kappa shape index (κ1) is 13.0. The average Bonchev–Trinajstić information content (AvgIpc) is 3.15. The third-order valence-corrected chi connectivity index (χ3v) is 3.77. The van der Waals surface area contributed by atoms with Crippen molar-refractivity contribution in [3.05, 3.63) is 53.1 Å². The van der Waals surface area contributed by atoms with Crippen LogP contribution in [0.25, 0.3) is 11.4 Å². The smallest absolute Gasteiger partial charge is 0.231 e. The number of rotatable bonds is 3. The van der Waals surface area contributed by atoms with Crippen molar-refractivity contribution in [1.82, 2.24) is 19.7 Å². The number of hydrogen-bond acceptors (Lipinski definition) is 5. The van der Waals surface area contributed by atoms with Crippen molar-refractivity contribution in [2.24, 2.45) is 0 Å². The fourth-order valence-electron chi connectivity index (χ4n) is 2.40. The van der Waals surface area contributed by atoms with E-state index in [1.165, 1.54) is 0 Å². The Kier molecular flexibility index (Phi) is 3.12. The van der Waals surface area contributed by atoms with Crippen LogP contribution in [0.5, 0.6) is 11.5 Å². The van der Waals surface area contributed by atoms with Gasteiger partial charge < -0.3 is 9.47 Å². The Bertz CT molecular complexity index is 873. The molecule has 1 N–H and O–H groups in total. The first-order valence-corrected chi connectivity index (χ1v) is 7.16. The Balaban J connectivity index is 1.72. The standard InChI is InChI=1S/C15H12N4O2S/c22-15-18-17-14(11-2-1-5-16-7-11)19(15)8-10-3-4-12-13(6-10)21-9-20-12/h1-7H,8-9H2,(H,18,22). The second-order valence-corrected chi connectivity index (χ2v) is 5.25. The maximum absolute atomic E-state index is 5.41. The lowest BCUT2D eigenvalue weighted by molar-refractivity contribution is 0.174. The van der Waals surface area contributed by atoms with Crippen LogP contribution in [0.2, 0.25) is 0 Å². The topological polar surface area (TPSA) is 65.0 Å². The molecule has 0 atom stereocenters. The summed E-state index contributed by atoms with van der Waals surface area (Å²) in [6.45, 7) is 0.862. The summed E-state index contributed by atoms with van der Waals surface area (Å²) in [6.07, 6.45) is 3.49. The monoisotopic (exact) mass is 312 g/mol. The van der Waals surface area contributed by atoms with E-state index in [0.29, 0.717) is 11.3 Å². The molecule has 7 heteroatoms. The van der Waals surface area contributed by atoms with Gasteiger partial charge in [-0.1, -0.05) is 6.07 Å². The molecular formula is C15H12N4O2S. The molecule has 0 fully saturated rings. The number of nitrogens with zero attached hydrogens (tertiary/aromatic N) is 3. The Labute approximate surface area is 131 Å². The zero-order valence-corrected chi connectivity index (χ0v) is 12.3. The van der Waals surface area contributed by atoms with E-state index in [4.69, 9.17) is 21.7 Å². The first-order valence-electron chi connectivity index (χ1n) is 6.75. The number of benzene rings is 1. The van der Waals surface area contributed by atoms with Gasteiger partial charge in [0.15, 0.2) is 22.1 Å². The van der Waals surface area contributed by atoms with Gasteiger partial charge in [0.2, 0.25) is 6.79 Å². The molecule has 0 bridgehead atoms. The van der Waals surface area contributed by atoms with E-state index in [0.717, 1.165) is 28.5 Å². The summed E-state index contributed by atoms with van der Waals surface area (Å²) >= 11 is 5.34. The summed E-state index contributed by atoms with van der Waals surface area (Å²) in [5.74, 6) is 2.29. The van der Waals surface area contributed by atoms with Crippen molar-refractivity contribution in [3.8, 4) is 22.9 Å². The molecule has 0 aliphatic carbocycles. The normalized spacial score (nSPS) is 12.5. The maximum atomic E-state index is 5.41. The number of fused-ring (bicyclic) bond motifs is 1. The van der Waals surface area contributed by atoms with Crippen LogP contribution in [0.3, 0.4) is 0 Å². The highest BCUT2D eigenvalue weighted by Crippen LogP contribution is 2.33. The van der Waals surface area contributed by atoms with Crippen LogP contribution in [-0.4, -0.2) is 26.5 Å². The van der Waals surface area contributed by atoms with E-state index in [9.17, 15) is 0 Å². The maximum Gasteiger partial charge on any atom is 0.231 e. The molecule has 1 aliphatic heterocycles. The van der Waals surface area contributed by atoms with Gasteiger partial charge in [-0.05, 0) is 42.0 Å². The van der Waals surface area contributed by atoms with Crippen LogP contribution in [0.15, 0.2) is 42.7 Å². The fraction of sp³-hybridized carbons (Fsp3) is 0.133. The third-order valence-electron chi connectivity index (χ3n) is 3.46. The van der Waals surface area contributed by atoms with Crippen LogP contribution in [0.1, 0.15) is 5.56 Å². The number of hydrogen-bond donors (Lipinski definition) is 1. The Morgan fingerprint density at radius 1 is 1.23 bits per heavy atom. The summed E-state index contributed by atoms with van der Waals surface area (Å²) in [5, 5.41) is 7.14. The number of aromatic nitrogens is 4. The molecule has 0 saturated carbocycles. The van der Waals surface area contributed by atoms with Crippen molar-refractivity contribution >= 4 is 12.2 Å². The van der Waals surface area contributed by atoms with E-state index >= 15 is 0 Å². The van der Waals surface area contributed by atoms with Gasteiger partial charge in [-0.15, -0.1) is 0 Å². The average molecular weight is 312 g/mol. The van der Waals surface area contributed by atoms with Gasteiger partial charge in [-0.25, -0.2) is 0 Å². The van der Waals surface area contributed by atoms with Gasteiger partial charge in [0.05, 0.1) is 6.54 Å². The van der Waals surface area contributed by atoms with Gasteiger partial charge in [-0.3, -0.25) is 14.6 Å². The van der Waals surface area contributed by atoms with E-state index in [1.807, 2.05) is 34.9 Å². The molecule has 22 heavy (non-hydrogen) atoms. The second-order valence-electron chi connectivity index (χ2n) is 4.87. The fourth-order valence-corrected chi connectivity index (χ4v) is 2.60. The predicted octanol–water partition coefficient (Wildman–Crippen LogP) is 2.78. The SMILES string of the molecule is S=c1[nH]nc(-c2cccnc2)n1Cc1ccc2c(c1)OCO2. The highest BCUT2D eigenvalue weighted by Gasteiger charge is 2.15. The van der Waals surface area contributed by atoms with Crippen LogP contribution in [-0.2, 0) is 6.54 Å². The lowest BCUT2D eigenvalue weighted by Crippen LogP contribution is -2.02. The van der Waals surface area contributed by atoms with Gasteiger partial charge >= 0.3 is 0 Å². The molecule has 0 unspecified atom stereocenters. The van der Waals surface area contributed by atoms with Gasteiger partial charge in [0.25, 0.3) is 0 Å². The van der Waals surface area contributed by atoms with E-state index in [2.05, 4.69) is 15.2 Å². The third kappa shape index (κ3) is 2.25. The molecule has 110 valence electrons. The summed E-state index contributed by atoms with van der Waals surface area (Å²) in [7, 11) is 0. The zero-order chi connectivity index (χ0) is 14.9. The van der Waals surface area contributed by atoms with E-state index in [-0.39, 0.29) is 6.79 Å². The van der Waals surface area contributed by atoms with Crippen molar-refractivity contribution in [1.29, 1.82) is 0 Å². The minimum absolute atomic E-state index is 0.269. The summed E-state index contributed by atoms with van der Waals surface area (Å²) in [5.41, 5.74) is 1.97. The molecule has 1 aromatic carbocycles. The van der Waals surface area contributed by atoms with Crippen molar-refractivity contribution in [2.45, 2.75) is 6.54 Å². The van der Waals surface area contributed by atoms with Gasteiger partial charge in [-0.2, -0.15) is 5.10 Å². The zero-order valence-electron chi connectivity index (χ0n) is 11.5. The molecule has 4 rings (SSSR count). The highest BCUT2D eigenvalue weighted by molar-refractivity contribution is 7.71. The van der Waals surface area contributed by atoms with Crippen molar-refractivity contribution < 1.29 is 9.47 Å². The summed E-state index contributed by atoms with van der Waals surface area (Å²) in [6, 6.07) is 9.69. The molecular weight excluding hydrogens is 300 g/mol. The van der Waals surface area contributed by atoms with Crippen molar-refractivity contribution in [3.63, 3.8) is 0 Å². The number of aromatic amines is 1. The summed E-state index contributed by atoms with van der Waals surface area (Å²) < 4.78 is 13.2. The van der Waals surface area contributed by atoms with Crippen molar-refractivity contribution in [2.75, 3.05) is 6.79 Å². The molecule has 3 heterocycles. The Morgan fingerprint density at radius 2 is 2.14 bits per heavy atom. The highest BCUT2D eigenvalue weighted by atomic mass is 32.1. The van der Waals surface area contributed by atoms with Crippen LogP contribution in [0.4, 0.5) is 0 Å². The quantitative estimate of drug-likeness (QED) is 0.753. The Hall–Kier alpha value is -2.67. The largest absolute Gasteiger partial charge is 0.454 e. The van der Waals surface area contributed by atoms with Gasteiger partial charge in [0.1, 0.15) is 0 Å². The minimum Gasteiger partial charge on any atom is -0.454 e. The molecule has 0 radical (unpaired) electrons. The molecule has 1 aliphatic rings. The number of nitrogens with one attached hydrogen (secondary N) is 1. The molecule has 3 aromatic rings. The predicted molar refractivity (Wildman–Crippen MR) is 82.3 cm³/mol. The molecule has 0 amide bonds.